The van der Waals surface area contributed by atoms with E-state index in [1.165, 1.54) is 29.3 Å². The van der Waals surface area contributed by atoms with E-state index in [4.69, 9.17) is 11.6 Å². The molecular formula is C16H13ClN4O3S. The minimum atomic E-state index is -0.631. The molecule has 2 aromatic heterocycles. The number of nitrogens with zero attached hydrogens (tertiary/aromatic N) is 2. The molecule has 0 saturated carbocycles. The molecular weight excluding hydrogens is 364 g/mol. The Kier molecular flexibility index (Phi) is 4.82. The van der Waals surface area contributed by atoms with E-state index in [9.17, 15) is 14.4 Å². The zero-order valence-corrected chi connectivity index (χ0v) is 14.6. The number of urea groups is 1. The molecule has 0 aliphatic rings. The highest BCUT2D eigenvalue weighted by molar-refractivity contribution is 7.22. The highest BCUT2D eigenvalue weighted by Gasteiger charge is 2.13. The number of aromatic nitrogens is 2. The quantitative estimate of drug-likeness (QED) is 0.733. The van der Waals surface area contributed by atoms with Crippen LogP contribution < -0.4 is 16.2 Å². The Morgan fingerprint density at radius 1 is 1.28 bits per heavy atom. The van der Waals surface area contributed by atoms with E-state index in [-0.39, 0.29) is 12.1 Å². The van der Waals surface area contributed by atoms with Crippen LogP contribution in [0.4, 0.5) is 4.79 Å². The van der Waals surface area contributed by atoms with Gasteiger partial charge in [-0.15, -0.1) is 11.3 Å². The van der Waals surface area contributed by atoms with Crippen LogP contribution in [0.3, 0.4) is 0 Å². The van der Waals surface area contributed by atoms with E-state index in [2.05, 4.69) is 15.6 Å². The Hall–Kier alpha value is -2.71. The van der Waals surface area contributed by atoms with Crippen molar-refractivity contribution in [2.45, 2.75) is 6.54 Å². The second kappa shape index (κ2) is 7.04. The molecule has 2 heterocycles. The van der Waals surface area contributed by atoms with Gasteiger partial charge < -0.3 is 5.32 Å². The molecule has 0 atom stereocenters. The van der Waals surface area contributed by atoms with Crippen LogP contribution in [0, 0.1) is 0 Å². The summed E-state index contributed by atoms with van der Waals surface area (Å²) in [5, 5.41) is 5.01. The summed E-state index contributed by atoms with van der Waals surface area (Å²) in [6, 6.07) is 8.46. The van der Waals surface area contributed by atoms with Crippen molar-refractivity contribution in [1.29, 1.82) is 0 Å². The van der Waals surface area contributed by atoms with Crippen molar-refractivity contribution in [3.8, 4) is 10.4 Å². The topological polar surface area (TPSA) is 93.1 Å². The average molecular weight is 377 g/mol. The predicted molar refractivity (Wildman–Crippen MR) is 96.9 cm³/mol. The van der Waals surface area contributed by atoms with Crippen molar-refractivity contribution in [2.75, 3.05) is 7.05 Å². The molecule has 0 spiro atoms. The summed E-state index contributed by atoms with van der Waals surface area (Å²) in [7, 11) is 1.40. The SMILES string of the molecule is CNC(=O)NC(=O)Cn1cnc2cc(-c3ccc(Cl)cc3)sc2c1=O. The third-order valence-electron chi connectivity index (χ3n) is 3.43. The molecule has 0 aliphatic carbocycles. The van der Waals surface area contributed by atoms with Gasteiger partial charge in [0.1, 0.15) is 11.2 Å². The van der Waals surface area contributed by atoms with Crippen molar-refractivity contribution in [1.82, 2.24) is 20.2 Å². The number of amides is 3. The van der Waals surface area contributed by atoms with Gasteiger partial charge in [0.2, 0.25) is 5.91 Å². The monoisotopic (exact) mass is 376 g/mol. The van der Waals surface area contributed by atoms with E-state index in [0.29, 0.717) is 15.2 Å². The molecule has 3 amide bonds. The van der Waals surface area contributed by atoms with Crippen LogP contribution in [-0.4, -0.2) is 28.5 Å². The smallest absolute Gasteiger partial charge is 0.321 e. The Balaban J connectivity index is 1.92. The minimum absolute atomic E-state index is 0.288. The number of rotatable bonds is 3. The van der Waals surface area contributed by atoms with Gasteiger partial charge in [-0.25, -0.2) is 9.78 Å². The maximum atomic E-state index is 12.5. The van der Waals surface area contributed by atoms with Crippen LogP contribution >= 0.6 is 22.9 Å². The zero-order valence-electron chi connectivity index (χ0n) is 13.1. The fourth-order valence-corrected chi connectivity index (χ4v) is 3.39. The summed E-state index contributed by atoms with van der Waals surface area (Å²) >= 11 is 7.18. The summed E-state index contributed by atoms with van der Waals surface area (Å²) in [6.07, 6.45) is 1.30. The second-order valence-electron chi connectivity index (χ2n) is 5.14. The van der Waals surface area contributed by atoms with Crippen molar-refractivity contribution in [3.05, 3.63) is 52.0 Å². The Bertz CT molecular complexity index is 1010. The molecule has 9 heteroatoms. The molecule has 1 aromatic carbocycles. The van der Waals surface area contributed by atoms with Crippen LogP contribution in [0.25, 0.3) is 20.7 Å². The highest BCUT2D eigenvalue weighted by Crippen LogP contribution is 2.31. The molecule has 7 nitrogen and oxygen atoms in total. The molecule has 3 aromatic rings. The van der Waals surface area contributed by atoms with Crippen molar-refractivity contribution in [3.63, 3.8) is 0 Å². The van der Waals surface area contributed by atoms with Gasteiger partial charge >= 0.3 is 6.03 Å². The van der Waals surface area contributed by atoms with E-state index in [1.807, 2.05) is 18.2 Å². The lowest BCUT2D eigenvalue weighted by atomic mass is 10.2. The van der Waals surface area contributed by atoms with Crippen LogP contribution in [0.5, 0.6) is 0 Å². The number of halogens is 1. The summed E-state index contributed by atoms with van der Waals surface area (Å²) < 4.78 is 1.61. The number of fused-ring (bicyclic) bond motifs is 1. The van der Waals surface area contributed by atoms with Gasteiger partial charge in [0.15, 0.2) is 0 Å². The van der Waals surface area contributed by atoms with E-state index in [0.717, 1.165) is 10.4 Å². The van der Waals surface area contributed by atoms with Gasteiger partial charge in [-0.05, 0) is 23.8 Å². The van der Waals surface area contributed by atoms with Gasteiger partial charge in [0, 0.05) is 16.9 Å². The third kappa shape index (κ3) is 3.70. The molecule has 0 unspecified atom stereocenters. The second-order valence-corrected chi connectivity index (χ2v) is 6.63. The first-order valence-electron chi connectivity index (χ1n) is 7.24. The molecule has 0 fully saturated rings. The van der Waals surface area contributed by atoms with Gasteiger partial charge in [0.05, 0.1) is 11.8 Å². The summed E-state index contributed by atoms with van der Waals surface area (Å²) in [4.78, 5) is 40.6. The highest BCUT2D eigenvalue weighted by atomic mass is 35.5. The molecule has 0 radical (unpaired) electrons. The van der Waals surface area contributed by atoms with Crippen molar-refractivity contribution >= 4 is 45.1 Å². The van der Waals surface area contributed by atoms with Crippen LogP contribution in [0.1, 0.15) is 0 Å². The van der Waals surface area contributed by atoms with E-state index >= 15 is 0 Å². The number of carbonyl (C=O) groups is 2. The van der Waals surface area contributed by atoms with Gasteiger partial charge in [0.25, 0.3) is 5.56 Å². The third-order valence-corrected chi connectivity index (χ3v) is 4.84. The molecule has 25 heavy (non-hydrogen) atoms. The van der Waals surface area contributed by atoms with Crippen molar-refractivity contribution in [2.24, 2.45) is 0 Å². The standard InChI is InChI=1S/C16H13ClN4O3S/c1-18-16(24)20-13(22)7-21-8-19-11-6-12(25-14(11)15(21)23)9-2-4-10(17)5-3-9/h2-6,8H,7H2,1H3,(H2,18,20,22,24). The van der Waals surface area contributed by atoms with Crippen LogP contribution in [0.15, 0.2) is 41.5 Å². The van der Waals surface area contributed by atoms with E-state index in [1.54, 1.807) is 12.1 Å². The predicted octanol–water partition coefficient (Wildman–Crippen LogP) is 2.23. The molecule has 3 rings (SSSR count). The fraction of sp³-hybridized carbons (Fsp3) is 0.125. The van der Waals surface area contributed by atoms with Crippen molar-refractivity contribution < 1.29 is 9.59 Å². The first-order chi connectivity index (χ1) is 12.0. The number of thiophene rings is 1. The maximum absolute atomic E-state index is 12.5. The molecule has 128 valence electrons. The number of hydrogen-bond acceptors (Lipinski definition) is 5. The van der Waals surface area contributed by atoms with Crippen LogP contribution in [0.2, 0.25) is 5.02 Å². The minimum Gasteiger partial charge on any atom is -0.341 e. The lowest BCUT2D eigenvalue weighted by Gasteiger charge is -2.05. The van der Waals surface area contributed by atoms with Crippen LogP contribution in [-0.2, 0) is 11.3 Å². The van der Waals surface area contributed by atoms with Gasteiger partial charge in [-0.1, -0.05) is 23.7 Å². The molecule has 2 N–H and O–H groups in total. The first kappa shape index (κ1) is 17.1. The number of nitrogens with one attached hydrogen (secondary N) is 2. The normalized spacial score (nSPS) is 10.6. The van der Waals surface area contributed by atoms with Gasteiger partial charge in [-0.2, -0.15) is 0 Å². The zero-order chi connectivity index (χ0) is 18.0. The lowest BCUT2D eigenvalue weighted by Crippen LogP contribution is -2.40. The van der Waals surface area contributed by atoms with E-state index < -0.39 is 11.9 Å². The number of carbonyl (C=O) groups excluding carboxylic acids is 2. The Labute approximate surface area is 151 Å². The Morgan fingerprint density at radius 2 is 2.00 bits per heavy atom. The average Bonchev–Trinajstić information content (AvgIpc) is 3.03. The first-order valence-corrected chi connectivity index (χ1v) is 8.44. The largest absolute Gasteiger partial charge is 0.341 e. The lowest BCUT2D eigenvalue weighted by molar-refractivity contribution is -0.120. The number of imide groups is 1. The number of hydrogen-bond donors (Lipinski definition) is 2. The number of benzene rings is 1. The summed E-state index contributed by atoms with van der Waals surface area (Å²) in [5.41, 5.74) is 1.15. The maximum Gasteiger partial charge on any atom is 0.321 e. The fourth-order valence-electron chi connectivity index (χ4n) is 2.20. The molecule has 0 saturated heterocycles. The molecule has 0 bridgehead atoms. The summed E-state index contributed by atoms with van der Waals surface area (Å²) in [5.74, 6) is -0.600. The Morgan fingerprint density at radius 3 is 2.68 bits per heavy atom. The van der Waals surface area contributed by atoms with Gasteiger partial charge in [-0.3, -0.25) is 19.5 Å². The molecule has 0 aliphatic heterocycles. The summed E-state index contributed by atoms with van der Waals surface area (Å²) in [6.45, 7) is -0.288.